The third-order valence-corrected chi connectivity index (χ3v) is 4.85. The third-order valence-electron chi connectivity index (χ3n) is 4.85. The number of aromatic nitrogens is 1. The fourth-order valence-corrected chi connectivity index (χ4v) is 3.23. The maximum Gasteiger partial charge on any atom is 0.251 e. The van der Waals surface area contributed by atoms with Crippen LogP contribution in [0.1, 0.15) is 18.1 Å². The molecule has 0 atom stereocenters. The van der Waals surface area contributed by atoms with Crippen LogP contribution in [-0.4, -0.2) is 51.2 Å². The minimum absolute atomic E-state index is 0.0973. The average Bonchev–Trinajstić information content (AvgIpc) is 2.72. The lowest BCUT2D eigenvalue weighted by atomic mass is 10.1. The van der Waals surface area contributed by atoms with Crippen molar-refractivity contribution >= 4 is 12.0 Å². The molecule has 1 aromatic heterocycles. The van der Waals surface area contributed by atoms with Gasteiger partial charge in [0.25, 0.3) is 11.5 Å². The van der Waals surface area contributed by atoms with E-state index in [4.69, 9.17) is 0 Å². The zero-order chi connectivity index (χ0) is 22.4. The van der Waals surface area contributed by atoms with E-state index in [2.05, 4.69) is 0 Å². The van der Waals surface area contributed by atoms with Gasteiger partial charge in [-0.3, -0.25) is 19.7 Å². The minimum atomic E-state index is -0.260. The van der Waals surface area contributed by atoms with E-state index in [0.717, 1.165) is 22.7 Å². The summed E-state index contributed by atoms with van der Waals surface area (Å²) in [5, 5.41) is 11.3. The summed E-state index contributed by atoms with van der Waals surface area (Å²) in [6, 6.07) is 12.9. The Balaban J connectivity index is 1.77. The van der Waals surface area contributed by atoms with Gasteiger partial charge in [0.15, 0.2) is 0 Å². The fraction of sp³-hybridized carbons (Fsp3) is 0.250. The van der Waals surface area contributed by atoms with Gasteiger partial charge in [0.05, 0.1) is 11.9 Å². The van der Waals surface area contributed by atoms with Crippen molar-refractivity contribution in [3.63, 3.8) is 0 Å². The zero-order valence-electron chi connectivity index (χ0n) is 18.1. The topological polar surface area (TPSA) is 69.0 Å². The molecule has 0 fully saturated rings. The highest BCUT2D eigenvalue weighted by molar-refractivity contribution is 5.79. The van der Waals surface area contributed by atoms with Crippen molar-refractivity contribution in [2.45, 2.75) is 19.9 Å². The van der Waals surface area contributed by atoms with E-state index in [9.17, 15) is 14.8 Å². The van der Waals surface area contributed by atoms with E-state index in [1.807, 2.05) is 61.5 Å². The number of hydrogen-bond donors (Lipinski definition) is 1. The molecule has 2 aromatic rings. The summed E-state index contributed by atoms with van der Waals surface area (Å²) >= 11 is 0. The molecular weight excluding hydrogens is 392 g/mol. The van der Waals surface area contributed by atoms with Crippen molar-refractivity contribution in [2.24, 2.45) is 0 Å². The number of carbonyl (C=O) groups excluding carboxylic acids is 1. The number of carbonyl (C=O) groups is 1. The smallest absolute Gasteiger partial charge is 0.251 e. The van der Waals surface area contributed by atoms with Gasteiger partial charge in [-0.15, -0.1) is 0 Å². The van der Waals surface area contributed by atoms with Crippen LogP contribution in [0.2, 0.25) is 0 Å². The Morgan fingerprint density at radius 1 is 1.10 bits per heavy atom. The van der Waals surface area contributed by atoms with Crippen molar-refractivity contribution in [2.75, 3.05) is 20.6 Å². The van der Waals surface area contributed by atoms with Crippen molar-refractivity contribution < 1.29 is 10.0 Å². The number of amides is 1. The second-order valence-corrected chi connectivity index (χ2v) is 7.75. The molecule has 0 saturated heterocycles. The summed E-state index contributed by atoms with van der Waals surface area (Å²) in [5.74, 6) is -0.260. The van der Waals surface area contributed by atoms with Crippen LogP contribution in [0.25, 0.3) is 6.08 Å². The summed E-state index contributed by atoms with van der Waals surface area (Å²) < 4.78 is 1.40. The van der Waals surface area contributed by atoms with Gasteiger partial charge in [-0.1, -0.05) is 42.5 Å². The second-order valence-electron chi connectivity index (χ2n) is 7.75. The molecule has 0 radical (unpaired) electrons. The molecule has 0 unspecified atom stereocenters. The van der Waals surface area contributed by atoms with E-state index in [1.54, 1.807) is 25.4 Å². The monoisotopic (exact) mass is 420 g/mol. The quantitative estimate of drug-likeness (QED) is 0.746. The molecule has 1 N–H and O–H groups in total. The van der Waals surface area contributed by atoms with Crippen LogP contribution in [-0.2, 0) is 17.8 Å². The van der Waals surface area contributed by atoms with Crippen LogP contribution in [0.4, 0.5) is 0 Å². The van der Waals surface area contributed by atoms with Gasteiger partial charge in [-0.25, -0.2) is 5.06 Å². The predicted octanol–water partition coefficient (Wildman–Crippen LogP) is 2.90. The highest BCUT2D eigenvalue weighted by Crippen LogP contribution is 2.21. The highest BCUT2D eigenvalue weighted by atomic mass is 16.5. The number of rotatable bonds is 7. The van der Waals surface area contributed by atoms with Gasteiger partial charge in [-0.05, 0) is 38.2 Å². The van der Waals surface area contributed by atoms with Gasteiger partial charge >= 0.3 is 0 Å². The Morgan fingerprint density at radius 2 is 1.84 bits per heavy atom. The molecular formula is C24H28N4O3. The van der Waals surface area contributed by atoms with E-state index in [-0.39, 0.29) is 18.0 Å². The molecule has 7 heteroatoms. The summed E-state index contributed by atoms with van der Waals surface area (Å²) in [6.45, 7) is 2.42. The van der Waals surface area contributed by atoms with E-state index in [0.29, 0.717) is 17.8 Å². The number of allylic oxidation sites excluding steroid dienone is 2. The largest absolute Gasteiger partial charge is 0.306 e. The van der Waals surface area contributed by atoms with Gasteiger partial charge < -0.3 is 9.47 Å². The molecule has 2 heterocycles. The molecule has 1 amide bonds. The third kappa shape index (κ3) is 6.04. The summed E-state index contributed by atoms with van der Waals surface area (Å²) in [5.41, 5.74) is 2.76. The Labute approximate surface area is 182 Å². The van der Waals surface area contributed by atoms with Crippen LogP contribution in [0.3, 0.4) is 0 Å². The van der Waals surface area contributed by atoms with Crippen molar-refractivity contribution in [3.05, 3.63) is 100 Å². The van der Waals surface area contributed by atoms with Crippen molar-refractivity contribution in [3.8, 4) is 0 Å². The number of likely N-dealkylation sites (N-methyl/N-ethyl adjacent to an activating group) is 1. The zero-order valence-corrected chi connectivity index (χ0v) is 18.1. The maximum atomic E-state index is 13.0. The Morgan fingerprint density at radius 3 is 2.55 bits per heavy atom. The fourth-order valence-electron chi connectivity index (χ4n) is 3.23. The van der Waals surface area contributed by atoms with Crippen LogP contribution >= 0.6 is 0 Å². The summed E-state index contributed by atoms with van der Waals surface area (Å²) in [6.07, 6.45) is 9.20. The molecule has 0 bridgehead atoms. The standard InChI is InChI=1S/C24H28N4O3/c1-19-15-28(31)22(14-20-8-5-4-6-9-20)17-27(19)24(30)18-26-16-21(11-12-23(26)29)10-7-13-25(2)3/h4-12,15-17,31H,13-14,18H2,1-3H3/b10-7-. The molecule has 1 aromatic carbocycles. The van der Waals surface area contributed by atoms with Gasteiger partial charge in [-0.2, -0.15) is 0 Å². The van der Waals surface area contributed by atoms with Gasteiger partial charge in [0, 0.05) is 37.1 Å². The number of nitrogens with zero attached hydrogens (tertiary/aromatic N) is 4. The first kappa shape index (κ1) is 22.3. The van der Waals surface area contributed by atoms with Crippen LogP contribution < -0.4 is 5.56 Å². The van der Waals surface area contributed by atoms with Gasteiger partial charge in [0.1, 0.15) is 6.54 Å². The minimum Gasteiger partial charge on any atom is -0.306 e. The molecule has 3 rings (SSSR count). The lowest BCUT2D eigenvalue weighted by Gasteiger charge is -2.29. The predicted molar refractivity (Wildman–Crippen MR) is 121 cm³/mol. The van der Waals surface area contributed by atoms with E-state index in [1.165, 1.54) is 21.7 Å². The van der Waals surface area contributed by atoms with Crippen molar-refractivity contribution in [1.82, 2.24) is 19.4 Å². The Kier molecular flexibility index (Phi) is 7.23. The molecule has 1 aliphatic rings. The Bertz CT molecular complexity index is 1070. The number of hydrogen-bond acceptors (Lipinski definition) is 5. The lowest BCUT2D eigenvalue weighted by molar-refractivity contribution is -0.128. The SMILES string of the molecule is CC1=CN(O)C(Cc2ccccc2)=CN1C(=O)Cn1cc(/C=C\CN(C)C)ccc1=O. The van der Waals surface area contributed by atoms with Crippen LogP contribution in [0, 0.1) is 0 Å². The first-order chi connectivity index (χ1) is 14.8. The average molecular weight is 421 g/mol. The van der Waals surface area contributed by atoms with Crippen LogP contribution in [0.15, 0.2) is 83.3 Å². The normalized spacial score (nSPS) is 14.2. The molecule has 162 valence electrons. The molecule has 31 heavy (non-hydrogen) atoms. The van der Waals surface area contributed by atoms with Gasteiger partial charge in [0.2, 0.25) is 0 Å². The number of benzene rings is 1. The molecule has 0 aliphatic carbocycles. The number of pyridine rings is 1. The summed E-state index contributed by atoms with van der Waals surface area (Å²) in [4.78, 5) is 28.8. The van der Waals surface area contributed by atoms with Crippen LogP contribution in [0.5, 0.6) is 0 Å². The molecule has 0 spiro atoms. The van der Waals surface area contributed by atoms with E-state index < -0.39 is 0 Å². The first-order valence-corrected chi connectivity index (χ1v) is 10.1. The lowest BCUT2D eigenvalue weighted by Crippen LogP contribution is -2.36. The molecule has 1 aliphatic heterocycles. The summed E-state index contributed by atoms with van der Waals surface area (Å²) in [7, 11) is 3.96. The van der Waals surface area contributed by atoms with Crippen molar-refractivity contribution in [1.29, 1.82) is 0 Å². The Hall–Kier alpha value is -3.42. The maximum absolute atomic E-state index is 13.0. The first-order valence-electron chi connectivity index (χ1n) is 10.1. The van der Waals surface area contributed by atoms with E-state index >= 15 is 0 Å². The number of hydroxylamine groups is 2. The molecule has 7 nitrogen and oxygen atoms in total. The second kappa shape index (κ2) is 10.1. The highest BCUT2D eigenvalue weighted by Gasteiger charge is 2.22. The molecule has 0 saturated carbocycles.